The summed E-state index contributed by atoms with van der Waals surface area (Å²) in [6.45, 7) is 1.17. The molecule has 2 saturated heterocycles. The van der Waals surface area contributed by atoms with Crippen molar-refractivity contribution in [1.29, 1.82) is 0 Å². The molecule has 4 rings (SSSR count). The van der Waals surface area contributed by atoms with Crippen LogP contribution in [0.2, 0.25) is 0 Å². The van der Waals surface area contributed by atoms with Gasteiger partial charge in [0, 0.05) is 0 Å². The van der Waals surface area contributed by atoms with Gasteiger partial charge >= 0.3 is 0 Å². The maximum absolute atomic E-state index is 12.2. The molecule has 2 bridgehead atoms. The number of allylic oxidation sites excluding steroid dienone is 2. The summed E-state index contributed by atoms with van der Waals surface area (Å²) >= 11 is 0. The molecule has 0 aromatic heterocycles. The van der Waals surface area contributed by atoms with Crippen LogP contribution in [0.4, 0.5) is 0 Å². The number of imide groups is 1. The maximum atomic E-state index is 12.2. The SMILES string of the molecule is O=C1C2C3C=CC(C3)C2C(=O)N1CC1CO1. The largest absolute Gasteiger partial charge is 0.371 e. The zero-order valence-corrected chi connectivity index (χ0v) is 8.83. The lowest BCUT2D eigenvalue weighted by atomic mass is 9.85. The van der Waals surface area contributed by atoms with E-state index in [2.05, 4.69) is 12.2 Å². The molecule has 0 aromatic carbocycles. The molecule has 3 fully saturated rings. The summed E-state index contributed by atoms with van der Waals surface area (Å²) < 4.78 is 5.10. The number of likely N-dealkylation sites (tertiary alicyclic amines) is 1. The van der Waals surface area contributed by atoms with Gasteiger partial charge in [-0.15, -0.1) is 0 Å². The molecule has 2 amide bonds. The van der Waals surface area contributed by atoms with E-state index in [0.717, 1.165) is 6.42 Å². The average molecular weight is 219 g/mol. The first-order valence-corrected chi connectivity index (χ1v) is 5.91. The smallest absolute Gasteiger partial charge is 0.233 e. The average Bonchev–Trinajstić information content (AvgIpc) is 2.77. The van der Waals surface area contributed by atoms with E-state index in [-0.39, 0.29) is 29.8 Å². The Morgan fingerprint density at radius 1 is 1.19 bits per heavy atom. The molecule has 0 N–H and O–H groups in total. The summed E-state index contributed by atoms with van der Waals surface area (Å²) in [4.78, 5) is 25.8. The molecule has 84 valence electrons. The summed E-state index contributed by atoms with van der Waals surface area (Å²) in [6.07, 6.45) is 5.35. The lowest BCUT2D eigenvalue weighted by Gasteiger charge is -2.15. The number of epoxide rings is 1. The monoisotopic (exact) mass is 219 g/mol. The van der Waals surface area contributed by atoms with Crippen LogP contribution in [-0.2, 0) is 14.3 Å². The Hall–Kier alpha value is -1.16. The molecule has 5 unspecified atom stereocenters. The molecule has 4 heteroatoms. The van der Waals surface area contributed by atoms with Crippen LogP contribution in [0.15, 0.2) is 12.2 Å². The molecule has 2 heterocycles. The van der Waals surface area contributed by atoms with Crippen molar-refractivity contribution < 1.29 is 14.3 Å². The Morgan fingerprint density at radius 2 is 1.75 bits per heavy atom. The molecular weight excluding hydrogens is 206 g/mol. The fraction of sp³-hybridized carbons (Fsp3) is 0.667. The quantitative estimate of drug-likeness (QED) is 0.378. The minimum Gasteiger partial charge on any atom is -0.371 e. The second kappa shape index (κ2) is 2.74. The minimum absolute atomic E-state index is 0.0438. The van der Waals surface area contributed by atoms with Crippen molar-refractivity contribution >= 4 is 11.8 Å². The second-order valence-electron chi connectivity index (χ2n) is 5.24. The Kier molecular flexibility index (Phi) is 1.53. The number of nitrogens with zero attached hydrogens (tertiary/aromatic N) is 1. The summed E-state index contributed by atoms with van der Waals surface area (Å²) in [5, 5.41) is 0. The van der Waals surface area contributed by atoms with Crippen molar-refractivity contribution in [2.45, 2.75) is 12.5 Å². The molecule has 4 nitrogen and oxygen atoms in total. The van der Waals surface area contributed by atoms with Gasteiger partial charge in [-0.2, -0.15) is 0 Å². The van der Waals surface area contributed by atoms with Gasteiger partial charge in [0.15, 0.2) is 0 Å². The standard InChI is InChI=1S/C12H13NO3/c14-11-9-6-1-2-7(3-6)10(9)12(15)13(11)4-8-5-16-8/h1-2,6-10H,3-5H2. The van der Waals surface area contributed by atoms with E-state index < -0.39 is 0 Å². The van der Waals surface area contributed by atoms with Crippen molar-refractivity contribution in [3.05, 3.63) is 12.2 Å². The Balaban J connectivity index is 1.65. The van der Waals surface area contributed by atoms with Gasteiger partial charge in [-0.05, 0) is 18.3 Å². The molecule has 16 heavy (non-hydrogen) atoms. The van der Waals surface area contributed by atoms with Crippen molar-refractivity contribution in [2.24, 2.45) is 23.7 Å². The van der Waals surface area contributed by atoms with Gasteiger partial charge in [0.1, 0.15) is 0 Å². The highest BCUT2D eigenvalue weighted by Gasteiger charge is 2.59. The van der Waals surface area contributed by atoms with Gasteiger partial charge in [-0.3, -0.25) is 14.5 Å². The van der Waals surface area contributed by atoms with E-state index in [0.29, 0.717) is 25.0 Å². The van der Waals surface area contributed by atoms with Crippen LogP contribution in [0.3, 0.4) is 0 Å². The van der Waals surface area contributed by atoms with Gasteiger partial charge in [-0.1, -0.05) is 12.2 Å². The van der Waals surface area contributed by atoms with E-state index in [1.54, 1.807) is 0 Å². The van der Waals surface area contributed by atoms with Crippen LogP contribution in [0, 0.1) is 23.7 Å². The van der Waals surface area contributed by atoms with E-state index in [4.69, 9.17) is 4.74 Å². The van der Waals surface area contributed by atoms with Gasteiger partial charge in [-0.25, -0.2) is 0 Å². The van der Waals surface area contributed by atoms with E-state index in [9.17, 15) is 9.59 Å². The molecule has 0 aromatic rings. The highest BCUT2D eigenvalue weighted by atomic mass is 16.6. The molecule has 0 radical (unpaired) electrons. The van der Waals surface area contributed by atoms with Crippen LogP contribution < -0.4 is 0 Å². The first kappa shape index (κ1) is 8.93. The third kappa shape index (κ3) is 0.981. The second-order valence-corrected chi connectivity index (χ2v) is 5.24. The lowest BCUT2D eigenvalue weighted by molar-refractivity contribution is -0.140. The number of fused-ring (bicyclic) bond motifs is 5. The zero-order valence-electron chi connectivity index (χ0n) is 8.83. The zero-order chi connectivity index (χ0) is 10.9. The molecule has 4 aliphatic rings. The normalized spacial score (nSPS) is 48.0. The minimum atomic E-state index is -0.0544. The van der Waals surface area contributed by atoms with Crippen LogP contribution in [-0.4, -0.2) is 36.0 Å². The fourth-order valence-corrected chi connectivity index (χ4v) is 3.52. The Bertz CT molecular complexity index is 382. The number of carbonyl (C=O) groups is 2. The first-order chi connectivity index (χ1) is 7.75. The molecule has 2 aliphatic heterocycles. The van der Waals surface area contributed by atoms with Crippen molar-refractivity contribution in [2.75, 3.05) is 13.2 Å². The number of hydrogen-bond donors (Lipinski definition) is 0. The molecular formula is C12H13NO3. The molecule has 0 spiro atoms. The van der Waals surface area contributed by atoms with Gasteiger partial charge in [0.2, 0.25) is 11.8 Å². The number of amides is 2. The number of hydrogen-bond acceptors (Lipinski definition) is 3. The van der Waals surface area contributed by atoms with Gasteiger partial charge in [0.05, 0.1) is 31.1 Å². The van der Waals surface area contributed by atoms with Crippen molar-refractivity contribution in [3.8, 4) is 0 Å². The fourth-order valence-electron chi connectivity index (χ4n) is 3.52. The first-order valence-electron chi connectivity index (χ1n) is 5.91. The number of carbonyl (C=O) groups excluding carboxylic acids is 2. The van der Waals surface area contributed by atoms with E-state index in [1.807, 2.05) is 0 Å². The third-order valence-electron chi connectivity index (χ3n) is 4.35. The predicted octanol–water partition coefficient (Wildman–Crippen LogP) is 0.192. The van der Waals surface area contributed by atoms with Crippen LogP contribution >= 0.6 is 0 Å². The van der Waals surface area contributed by atoms with Gasteiger partial charge in [0.25, 0.3) is 0 Å². The van der Waals surface area contributed by atoms with Crippen LogP contribution in [0.1, 0.15) is 6.42 Å². The van der Waals surface area contributed by atoms with Crippen molar-refractivity contribution in [1.82, 2.24) is 4.90 Å². The highest BCUT2D eigenvalue weighted by Crippen LogP contribution is 2.52. The number of ether oxygens (including phenoxy) is 1. The Morgan fingerprint density at radius 3 is 2.25 bits per heavy atom. The highest BCUT2D eigenvalue weighted by molar-refractivity contribution is 6.06. The topological polar surface area (TPSA) is 49.9 Å². The van der Waals surface area contributed by atoms with Crippen LogP contribution in [0.5, 0.6) is 0 Å². The number of rotatable bonds is 2. The van der Waals surface area contributed by atoms with E-state index in [1.165, 1.54) is 4.90 Å². The summed E-state index contributed by atoms with van der Waals surface area (Å²) in [7, 11) is 0. The molecule has 5 atom stereocenters. The van der Waals surface area contributed by atoms with Crippen LogP contribution in [0.25, 0.3) is 0 Å². The van der Waals surface area contributed by atoms with Crippen molar-refractivity contribution in [3.63, 3.8) is 0 Å². The van der Waals surface area contributed by atoms with Gasteiger partial charge < -0.3 is 4.74 Å². The predicted molar refractivity (Wildman–Crippen MR) is 54.2 cm³/mol. The Labute approximate surface area is 93.2 Å². The maximum Gasteiger partial charge on any atom is 0.233 e. The lowest BCUT2D eigenvalue weighted by Crippen LogP contribution is -2.36. The molecule has 1 saturated carbocycles. The summed E-state index contributed by atoms with van der Waals surface area (Å²) in [5.74, 6) is 0.611. The summed E-state index contributed by atoms with van der Waals surface area (Å²) in [6, 6.07) is 0. The molecule has 2 aliphatic carbocycles. The van der Waals surface area contributed by atoms with E-state index >= 15 is 0 Å². The third-order valence-corrected chi connectivity index (χ3v) is 4.35. The summed E-state index contributed by atoms with van der Waals surface area (Å²) in [5.41, 5.74) is 0.